The summed E-state index contributed by atoms with van der Waals surface area (Å²) in [4.78, 5) is 23.4. The molecule has 1 unspecified atom stereocenters. The molecule has 1 aliphatic heterocycles. The van der Waals surface area contributed by atoms with Crippen LogP contribution in [0.15, 0.2) is 24.3 Å². The van der Waals surface area contributed by atoms with Crippen molar-refractivity contribution in [1.29, 1.82) is 0 Å². The van der Waals surface area contributed by atoms with Gasteiger partial charge >= 0.3 is 6.03 Å². The van der Waals surface area contributed by atoms with Crippen LogP contribution in [0.1, 0.15) is 25.3 Å². The van der Waals surface area contributed by atoms with Gasteiger partial charge in [-0.25, -0.2) is 4.79 Å². The number of nitrogens with one attached hydrogen (secondary N) is 2. The molecule has 0 radical (unpaired) electrons. The fraction of sp³-hybridized carbons (Fsp3) is 0.385. The Morgan fingerprint density at radius 1 is 1.22 bits per heavy atom. The summed E-state index contributed by atoms with van der Waals surface area (Å²) >= 11 is 0. The highest BCUT2D eigenvalue weighted by molar-refractivity contribution is 6.07. The molecule has 1 atom stereocenters. The predicted molar refractivity (Wildman–Crippen MR) is 66.3 cm³/mol. The molecule has 1 aliphatic rings. The van der Waals surface area contributed by atoms with Crippen molar-refractivity contribution >= 4 is 11.9 Å². The third-order valence-electron chi connectivity index (χ3n) is 3.15. The van der Waals surface area contributed by atoms with E-state index in [0.717, 1.165) is 17.7 Å². The minimum atomic E-state index is -0.946. The lowest BCUT2D eigenvalue weighted by atomic mass is 9.85. The van der Waals surface area contributed by atoms with E-state index in [4.69, 9.17) is 4.74 Å². The third kappa shape index (κ3) is 1.92. The molecule has 1 saturated heterocycles. The molecule has 0 aliphatic carbocycles. The van der Waals surface area contributed by atoms with Crippen LogP contribution in [0.4, 0.5) is 4.79 Å². The summed E-state index contributed by atoms with van der Waals surface area (Å²) in [5.74, 6) is 0.426. The normalized spacial score (nSPS) is 22.6. The van der Waals surface area contributed by atoms with E-state index < -0.39 is 11.6 Å². The van der Waals surface area contributed by atoms with Gasteiger partial charge in [0.15, 0.2) is 0 Å². The van der Waals surface area contributed by atoms with Gasteiger partial charge in [0.2, 0.25) is 0 Å². The largest absolute Gasteiger partial charge is 0.497 e. The van der Waals surface area contributed by atoms with Crippen molar-refractivity contribution in [3.63, 3.8) is 0 Å². The monoisotopic (exact) mass is 248 g/mol. The number of imide groups is 1. The molecular formula is C13H16N2O3. The Kier molecular flexibility index (Phi) is 3.23. The van der Waals surface area contributed by atoms with E-state index in [0.29, 0.717) is 6.42 Å². The highest BCUT2D eigenvalue weighted by Gasteiger charge is 2.46. The molecule has 1 aromatic rings. The molecule has 5 heteroatoms. The molecular weight excluding hydrogens is 232 g/mol. The quantitative estimate of drug-likeness (QED) is 0.794. The zero-order valence-electron chi connectivity index (χ0n) is 10.4. The maximum atomic E-state index is 12.0. The lowest BCUT2D eigenvalue weighted by molar-refractivity contribution is -0.124. The summed E-state index contributed by atoms with van der Waals surface area (Å²) in [5.41, 5.74) is -0.175. The number of carbonyl (C=O) groups is 2. The van der Waals surface area contributed by atoms with Crippen molar-refractivity contribution in [3.05, 3.63) is 29.8 Å². The van der Waals surface area contributed by atoms with Gasteiger partial charge in [0.25, 0.3) is 5.91 Å². The number of urea groups is 1. The second-order valence-electron chi connectivity index (χ2n) is 4.29. The molecule has 0 saturated carbocycles. The van der Waals surface area contributed by atoms with Crippen LogP contribution in [-0.4, -0.2) is 19.0 Å². The van der Waals surface area contributed by atoms with Crippen LogP contribution in [0.3, 0.4) is 0 Å². The van der Waals surface area contributed by atoms with Crippen LogP contribution < -0.4 is 15.4 Å². The molecule has 0 bridgehead atoms. The molecule has 1 aromatic carbocycles. The van der Waals surface area contributed by atoms with Gasteiger partial charge in [-0.05, 0) is 24.1 Å². The van der Waals surface area contributed by atoms with E-state index >= 15 is 0 Å². The Hall–Kier alpha value is -2.04. The van der Waals surface area contributed by atoms with E-state index in [-0.39, 0.29) is 5.91 Å². The van der Waals surface area contributed by atoms with Crippen molar-refractivity contribution in [2.45, 2.75) is 25.3 Å². The lowest BCUT2D eigenvalue weighted by Crippen LogP contribution is -2.43. The second kappa shape index (κ2) is 4.68. The van der Waals surface area contributed by atoms with Crippen LogP contribution in [0.5, 0.6) is 5.75 Å². The summed E-state index contributed by atoms with van der Waals surface area (Å²) in [6, 6.07) is 6.73. The Morgan fingerprint density at radius 3 is 2.33 bits per heavy atom. The molecule has 5 nitrogen and oxygen atoms in total. The summed E-state index contributed by atoms with van der Waals surface area (Å²) in [6.07, 6.45) is 1.36. The highest BCUT2D eigenvalue weighted by Crippen LogP contribution is 2.31. The lowest BCUT2D eigenvalue weighted by Gasteiger charge is -2.26. The molecule has 3 amide bonds. The molecule has 2 N–H and O–H groups in total. The first-order valence-corrected chi connectivity index (χ1v) is 5.90. The Morgan fingerprint density at radius 2 is 1.89 bits per heavy atom. The fourth-order valence-electron chi connectivity index (χ4n) is 2.27. The van der Waals surface area contributed by atoms with Crippen LogP contribution >= 0.6 is 0 Å². The molecule has 1 heterocycles. The molecule has 1 fully saturated rings. The summed E-state index contributed by atoms with van der Waals surface area (Å²) < 4.78 is 5.08. The number of rotatable bonds is 4. The predicted octanol–water partition coefficient (Wildman–Crippen LogP) is 1.53. The highest BCUT2D eigenvalue weighted by atomic mass is 16.5. The second-order valence-corrected chi connectivity index (χ2v) is 4.29. The molecule has 96 valence electrons. The van der Waals surface area contributed by atoms with Crippen molar-refractivity contribution < 1.29 is 14.3 Å². The van der Waals surface area contributed by atoms with Gasteiger partial charge in [-0.15, -0.1) is 0 Å². The van der Waals surface area contributed by atoms with Crippen LogP contribution in [0.25, 0.3) is 0 Å². The van der Waals surface area contributed by atoms with E-state index in [1.165, 1.54) is 0 Å². The number of hydrogen-bond donors (Lipinski definition) is 2. The average Bonchev–Trinajstić information content (AvgIpc) is 2.66. The summed E-state index contributed by atoms with van der Waals surface area (Å²) in [5, 5.41) is 5.03. The Balaban J connectivity index is 2.40. The zero-order chi connectivity index (χ0) is 13.2. The SMILES string of the molecule is CCCC1(c2ccc(OC)cc2)NC(=O)NC1=O. The molecule has 2 rings (SSSR count). The van der Waals surface area contributed by atoms with E-state index in [1.807, 2.05) is 6.92 Å². The summed E-state index contributed by atoms with van der Waals surface area (Å²) in [7, 11) is 1.58. The van der Waals surface area contributed by atoms with Gasteiger partial charge in [-0.1, -0.05) is 25.5 Å². The maximum absolute atomic E-state index is 12.0. The zero-order valence-corrected chi connectivity index (χ0v) is 10.4. The number of methoxy groups -OCH3 is 1. The first-order valence-electron chi connectivity index (χ1n) is 5.90. The Bertz CT molecular complexity index is 470. The van der Waals surface area contributed by atoms with Gasteiger partial charge in [0.1, 0.15) is 11.3 Å². The van der Waals surface area contributed by atoms with Crippen LogP contribution in [0.2, 0.25) is 0 Å². The molecule has 18 heavy (non-hydrogen) atoms. The Labute approximate surface area is 106 Å². The van der Waals surface area contributed by atoms with E-state index in [1.54, 1.807) is 31.4 Å². The smallest absolute Gasteiger partial charge is 0.322 e. The van der Waals surface area contributed by atoms with Crippen molar-refractivity contribution in [2.24, 2.45) is 0 Å². The van der Waals surface area contributed by atoms with Crippen molar-refractivity contribution in [3.8, 4) is 5.75 Å². The van der Waals surface area contributed by atoms with Crippen LogP contribution in [-0.2, 0) is 10.3 Å². The van der Waals surface area contributed by atoms with E-state index in [2.05, 4.69) is 10.6 Å². The number of carbonyl (C=O) groups excluding carboxylic acids is 2. The van der Waals surface area contributed by atoms with Gasteiger partial charge in [0, 0.05) is 0 Å². The number of hydrogen-bond acceptors (Lipinski definition) is 3. The number of amides is 3. The summed E-state index contributed by atoms with van der Waals surface area (Å²) in [6.45, 7) is 1.98. The van der Waals surface area contributed by atoms with Crippen LogP contribution in [0, 0.1) is 0 Å². The van der Waals surface area contributed by atoms with E-state index in [9.17, 15) is 9.59 Å². The van der Waals surface area contributed by atoms with Crippen molar-refractivity contribution in [1.82, 2.24) is 10.6 Å². The molecule has 0 spiro atoms. The van der Waals surface area contributed by atoms with Gasteiger partial charge in [-0.2, -0.15) is 0 Å². The first-order chi connectivity index (χ1) is 8.62. The number of benzene rings is 1. The average molecular weight is 248 g/mol. The fourth-order valence-corrected chi connectivity index (χ4v) is 2.27. The third-order valence-corrected chi connectivity index (χ3v) is 3.15. The number of ether oxygens (including phenoxy) is 1. The van der Waals surface area contributed by atoms with Crippen molar-refractivity contribution in [2.75, 3.05) is 7.11 Å². The van der Waals surface area contributed by atoms with Gasteiger partial charge in [-0.3, -0.25) is 10.1 Å². The minimum Gasteiger partial charge on any atom is -0.497 e. The van der Waals surface area contributed by atoms with Gasteiger partial charge in [0.05, 0.1) is 7.11 Å². The molecule has 0 aromatic heterocycles. The minimum absolute atomic E-state index is 0.292. The maximum Gasteiger partial charge on any atom is 0.322 e. The first kappa shape index (κ1) is 12.4. The standard InChI is InChI=1S/C13H16N2O3/c1-3-8-13(11(16)14-12(17)15-13)9-4-6-10(18-2)7-5-9/h4-7H,3,8H2,1-2H3,(H2,14,15,16,17). The van der Waals surface area contributed by atoms with Gasteiger partial charge < -0.3 is 10.1 Å². The topological polar surface area (TPSA) is 67.4 Å².